The minimum absolute atomic E-state index is 0.137. The zero-order chi connectivity index (χ0) is 25.6. The highest BCUT2D eigenvalue weighted by molar-refractivity contribution is 6.31. The molecule has 0 radical (unpaired) electrons. The number of aromatic amines is 1. The monoisotopic (exact) mass is 512 g/mol. The summed E-state index contributed by atoms with van der Waals surface area (Å²) in [6, 6.07) is 25.8. The van der Waals surface area contributed by atoms with Crippen molar-refractivity contribution in [2.75, 3.05) is 6.54 Å². The summed E-state index contributed by atoms with van der Waals surface area (Å²) >= 11 is 6.47. The minimum atomic E-state index is -0.261. The highest BCUT2D eigenvalue weighted by atomic mass is 35.5. The molecule has 37 heavy (non-hydrogen) atoms. The third-order valence-corrected chi connectivity index (χ3v) is 6.88. The molecule has 2 heterocycles. The van der Waals surface area contributed by atoms with Crippen LogP contribution >= 0.6 is 11.6 Å². The second kappa shape index (κ2) is 11.5. The number of carbonyl (C=O) groups is 1. The summed E-state index contributed by atoms with van der Waals surface area (Å²) in [5.41, 5.74) is 4.71. The molecule has 2 aromatic heterocycles. The normalized spacial score (nSPS) is 12.2. The van der Waals surface area contributed by atoms with E-state index in [-0.39, 0.29) is 17.6 Å². The van der Waals surface area contributed by atoms with E-state index in [0.717, 1.165) is 34.6 Å². The van der Waals surface area contributed by atoms with Crippen LogP contribution in [-0.4, -0.2) is 27.3 Å². The molecule has 0 aliphatic carbocycles. The third kappa shape index (κ3) is 6.10. The maximum absolute atomic E-state index is 12.8. The number of benzene rings is 3. The van der Waals surface area contributed by atoms with Crippen molar-refractivity contribution in [2.24, 2.45) is 0 Å². The van der Waals surface area contributed by atoms with Crippen LogP contribution in [0.3, 0.4) is 0 Å². The highest BCUT2D eigenvalue weighted by Crippen LogP contribution is 2.22. The zero-order valence-electron chi connectivity index (χ0n) is 20.7. The van der Waals surface area contributed by atoms with E-state index in [1.165, 1.54) is 17.2 Å². The molecule has 188 valence electrons. The molecule has 6 nitrogen and oxygen atoms in total. The van der Waals surface area contributed by atoms with Crippen LogP contribution in [0, 0.1) is 0 Å². The predicted octanol–water partition coefficient (Wildman–Crippen LogP) is 6.55. The Balaban J connectivity index is 1.29. The first kappa shape index (κ1) is 24.8. The Morgan fingerprint density at radius 2 is 1.76 bits per heavy atom. The van der Waals surface area contributed by atoms with Gasteiger partial charge in [-0.15, -0.1) is 0 Å². The lowest BCUT2D eigenvalue weighted by Gasteiger charge is -2.21. The van der Waals surface area contributed by atoms with Gasteiger partial charge in [-0.2, -0.15) is 0 Å². The Labute approximate surface area is 221 Å². The molecular weight excluding hydrogens is 484 g/mol. The van der Waals surface area contributed by atoms with Crippen molar-refractivity contribution in [3.8, 4) is 0 Å². The average molecular weight is 513 g/mol. The topological polar surface area (TPSA) is 74.2 Å². The van der Waals surface area contributed by atoms with Gasteiger partial charge in [-0.25, -0.2) is 4.98 Å². The molecule has 0 fully saturated rings. The van der Waals surface area contributed by atoms with Gasteiger partial charge in [0.2, 0.25) is 5.89 Å². The van der Waals surface area contributed by atoms with E-state index in [9.17, 15) is 4.79 Å². The lowest BCUT2D eigenvalue weighted by molar-refractivity contribution is 0.0934. The molecule has 0 bridgehead atoms. The lowest BCUT2D eigenvalue weighted by Crippen LogP contribution is -2.27. The fourth-order valence-electron chi connectivity index (χ4n) is 4.47. The molecule has 0 saturated heterocycles. The van der Waals surface area contributed by atoms with Gasteiger partial charge in [0.25, 0.3) is 5.91 Å². The van der Waals surface area contributed by atoms with Crippen molar-refractivity contribution in [2.45, 2.75) is 32.5 Å². The largest absolute Gasteiger partial charge is 0.447 e. The number of halogens is 1. The van der Waals surface area contributed by atoms with Crippen molar-refractivity contribution in [3.05, 3.63) is 125 Å². The minimum Gasteiger partial charge on any atom is -0.447 e. The number of carbonyl (C=O) groups excluding carboxylic acids is 1. The number of amides is 1. The quantitative estimate of drug-likeness (QED) is 0.222. The van der Waals surface area contributed by atoms with Gasteiger partial charge in [0.05, 0.1) is 12.6 Å². The first-order chi connectivity index (χ1) is 18.1. The maximum atomic E-state index is 12.8. The summed E-state index contributed by atoms with van der Waals surface area (Å²) in [4.78, 5) is 22.9. The predicted molar refractivity (Wildman–Crippen MR) is 146 cm³/mol. The number of oxazole rings is 1. The molecule has 5 aromatic rings. The number of hydrogen-bond donors (Lipinski definition) is 2. The van der Waals surface area contributed by atoms with Crippen LogP contribution in [0.4, 0.5) is 0 Å². The number of para-hydroxylation sites is 1. The summed E-state index contributed by atoms with van der Waals surface area (Å²) in [5, 5.41) is 4.94. The van der Waals surface area contributed by atoms with E-state index < -0.39 is 0 Å². The molecule has 5 rings (SSSR count). The maximum Gasteiger partial charge on any atom is 0.273 e. The lowest BCUT2D eigenvalue weighted by atomic mass is 10.1. The molecule has 1 unspecified atom stereocenters. The van der Waals surface area contributed by atoms with Gasteiger partial charge in [-0.1, -0.05) is 78.3 Å². The van der Waals surface area contributed by atoms with Crippen molar-refractivity contribution >= 4 is 28.4 Å². The van der Waals surface area contributed by atoms with Crippen LogP contribution in [0.2, 0.25) is 5.02 Å². The van der Waals surface area contributed by atoms with Crippen molar-refractivity contribution in [1.82, 2.24) is 20.2 Å². The number of rotatable bonds is 10. The van der Waals surface area contributed by atoms with Gasteiger partial charge in [0.1, 0.15) is 6.26 Å². The smallest absolute Gasteiger partial charge is 0.273 e. The molecule has 7 heteroatoms. The summed E-state index contributed by atoms with van der Waals surface area (Å²) < 4.78 is 5.73. The fourth-order valence-corrected chi connectivity index (χ4v) is 4.67. The summed E-state index contributed by atoms with van der Waals surface area (Å²) in [7, 11) is 0. The number of nitrogens with one attached hydrogen (secondary N) is 2. The van der Waals surface area contributed by atoms with Crippen LogP contribution in [-0.2, 0) is 19.5 Å². The number of hydrogen-bond acceptors (Lipinski definition) is 4. The molecule has 0 saturated carbocycles. The first-order valence-corrected chi connectivity index (χ1v) is 12.8. The number of nitrogens with zero attached hydrogens (tertiary/aromatic N) is 2. The van der Waals surface area contributed by atoms with Gasteiger partial charge in [-0.3, -0.25) is 9.69 Å². The Kier molecular flexibility index (Phi) is 7.68. The van der Waals surface area contributed by atoms with Crippen LogP contribution in [0.5, 0.6) is 0 Å². The summed E-state index contributed by atoms with van der Waals surface area (Å²) in [6.07, 6.45) is 4.34. The Hall–Kier alpha value is -3.87. The second-order valence-corrected chi connectivity index (χ2v) is 9.55. The van der Waals surface area contributed by atoms with Crippen LogP contribution in [0.25, 0.3) is 10.9 Å². The summed E-state index contributed by atoms with van der Waals surface area (Å²) in [5.74, 6) is 0.228. The average Bonchev–Trinajstić information content (AvgIpc) is 3.56. The number of H-pyrrole nitrogens is 1. The van der Waals surface area contributed by atoms with Crippen LogP contribution in [0.15, 0.2) is 95.7 Å². The fraction of sp³-hybridized carbons (Fsp3) is 0.200. The van der Waals surface area contributed by atoms with Gasteiger partial charge >= 0.3 is 0 Å². The standard InChI is InChI=1S/C30H29ClN4O2/c1-21(22-9-3-2-4-10-22)33-30(36)28-20-37-29(34-28)19-35(18-24-11-5-7-13-26(24)31)16-15-23-17-32-27-14-8-6-12-25(23)27/h2-14,17,20-21,32H,15-16,18-19H2,1H3,(H,33,36). The molecule has 0 aliphatic rings. The molecule has 2 N–H and O–H groups in total. The third-order valence-electron chi connectivity index (χ3n) is 6.51. The van der Waals surface area contributed by atoms with Gasteiger partial charge < -0.3 is 14.7 Å². The molecule has 0 aliphatic heterocycles. The Bertz CT molecular complexity index is 1480. The molecule has 1 atom stereocenters. The van der Waals surface area contributed by atoms with E-state index in [2.05, 4.69) is 44.6 Å². The summed E-state index contributed by atoms with van der Waals surface area (Å²) in [6.45, 7) is 3.80. The van der Waals surface area contributed by atoms with E-state index in [1.54, 1.807) is 0 Å². The van der Waals surface area contributed by atoms with Crippen molar-refractivity contribution in [1.29, 1.82) is 0 Å². The molecule has 1 amide bonds. The van der Waals surface area contributed by atoms with Gasteiger partial charge in [-0.05, 0) is 42.2 Å². The van der Waals surface area contributed by atoms with Crippen LogP contribution in [0.1, 0.15) is 46.0 Å². The highest BCUT2D eigenvalue weighted by Gasteiger charge is 2.18. The Morgan fingerprint density at radius 3 is 2.59 bits per heavy atom. The SMILES string of the molecule is CC(NC(=O)c1coc(CN(CCc2c[nH]c3ccccc23)Cc2ccccc2Cl)n1)c1ccccc1. The zero-order valence-corrected chi connectivity index (χ0v) is 21.4. The van der Waals surface area contributed by atoms with Gasteiger partial charge in [0, 0.05) is 35.2 Å². The molecular formula is C30H29ClN4O2. The van der Waals surface area contributed by atoms with Gasteiger partial charge in [0.15, 0.2) is 5.69 Å². The first-order valence-electron chi connectivity index (χ1n) is 12.4. The van der Waals surface area contributed by atoms with E-state index in [4.69, 9.17) is 16.0 Å². The molecule has 0 spiro atoms. The van der Waals surface area contributed by atoms with Crippen LogP contribution < -0.4 is 5.32 Å². The van der Waals surface area contributed by atoms with Crippen molar-refractivity contribution in [3.63, 3.8) is 0 Å². The van der Waals surface area contributed by atoms with E-state index in [0.29, 0.717) is 19.0 Å². The Morgan fingerprint density at radius 1 is 1.00 bits per heavy atom. The van der Waals surface area contributed by atoms with E-state index >= 15 is 0 Å². The second-order valence-electron chi connectivity index (χ2n) is 9.14. The molecule has 3 aromatic carbocycles. The number of aromatic nitrogens is 2. The number of fused-ring (bicyclic) bond motifs is 1. The van der Waals surface area contributed by atoms with E-state index in [1.807, 2.05) is 67.6 Å². The van der Waals surface area contributed by atoms with Crippen molar-refractivity contribution < 1.29 is 9.21 Å².